The third kappa shape index (κ3) is 3.86. The van der Waals surface area contributed by atoms with Gasteiger partial charge in [-0.2, -0.15) is 0 Å². The van der Waals surface area contributed by atoms with Gasteiger partial charge in [-0.1, -0.05) is 6.07 Å². The Hall–Kier alpha value is -1.75. The van der Waals surface area contributed by atoms with Gasteiger partial charge in [0.2, 0.25) is 0 Å². The van der Waals surface area contributed by atoms with E-state index >= 15 is 0 Å². The summed E-state index contributed by atoms with van der Waals surface area (Å²) in [4.78, 5) is 9.22. The lowest BCUT2D eigenvalue weighted by Crippen LogP contribution is -2.07. The van der Waals surface area contributed by atoms with E-state index in [9.17, 15) is 0 Å². The molecule has 2 rings (SSSR count). The SMILES string of the molecule is COc1cc(SC)ccc1CCNc1ccncn1. The maximum atomic E-state index is 5.42. The van der Waals surface area contributed by atoms with Gasteiger partial charge in [-0.05, 0) is 36.4 Å². The van der Waals surface area contributed by atoms with E-state index < -0.39 is 0 Å². The molecule has 0 saturated carbocycles. The third-order valence-corrected chi connectivity index (χ3v) is 3.50. The summed E-state index contributed by atoms with van der Waals surface area (Å²) in [7, 11) is 1.71. The van der Waals surface area contributed by atoms with Crippen molar-refractivity contribution in [1.82, 2.24) is 9.97 Å². The molecule has 100 valence electrons. The molecular weight excluding hydrogens is 258 g/mol. The number of aromatic nitrogens is 2. The van der Waals surface area contributed by atoms with Gasteiger partial charge < -0.3 is 10.1 Å². The lowest BCUT2D eigenvalue weighted by molar-refractivity contribution is 0.409. The fourth-order valence-electron chi connectivity index (χ4n) is 1.78. The van der Waals surface area contributed by atoms with Crippen LogP contribution in [0.2, 0.25) is 0 Å². The normalized spacial score (nSPS) is 10.2. The van der Waals surface area contributed by atoms with Crippen LogP contribution in [0.15, 0.2) is 41.7 Å². The highest BCUT2D eigenvalue weighted by Gasteiger charge is 2.04. The van der Waals surface area contributed by atoms with Gasteiger partial charge in [0.15, 0.2) is 0 Å². The summed E-state index contributed by atoms with van der Waals surface area (Å²) >= 11 is 1.72. The topological polar surface area (TPSA) is 47.0 Å². The number of anilines is 1. The van der Waals surface area contributed by atoms with E-state index in [1.165, 1.54) is 16.8 Å². The number of hydrogen-bond acceptors (Lipinski definition) is 5. The Balaban J connectivity index is 1.96. The minimum Gasteiger partial charge on any atom is -0.496 e. The van der Waals surface area contributed by atoms with Crippen molar-refractivity contribution in [2.45, 2.75) is 11.3 Å². The van der Waals surface area contributed by atoms with E-state index in [0.717, 1.165) is 24.5 Å². The highest BCUT2D eigenvalue weighted by Crippen LogP contribution is 2.25. The Morgan fingerprint density at radius 3 is 2.89 bits per heavy atom. The molecule has 0 aliphatic carbocycles. The molecule has 1 aromatic carbocycles. The van der Waals surface area contributed by atoms with E-state index in [1.54, 1.807) is 25.1 Å². The smallest absolute Gasteiger partial charge is 0.129 e. The van der Waals surface area contributed by atoms with Crippen molar-refractivity contribution in [2.75, 3.05) is 25.2 Å². The fourth-order valence-corrected chi connectivity index (χ4v) is 2.21. The molecule has 1 N–H and O–H groups in total. The van der Waals surface area contributed by atoms with Gasteiger partial charge in [0, 0.05) is 17.6 Å². The van der Waals surface area contributed by atoms with Crippen molar-refractivity contribution in [3.8, 4) is 5.75 Å². The minimum absolute atomic E-state index is 0.811. The molecule has 19 heavy (non-hydrogen) atoms. The van der Waals surface area contributed by atoms with Crippen LogP contribution in [0.5, 0.6) is 5.75 Å². The number of nitrogens with one attached hydrogen (secondary N) is 1. The summed E-state index contributed by atoms with van der Waals surface area (Å²) in [5.74, 6) is 1.78. The van der Waals surface area contributed by atoms with Crippen molar-refractivity contribution >= 4 is 17.6 Å². The quantitative estimate of drug-likeness (QED) is 0.821. The molecule has 0 aliphatic heterocycles. The average Bonchev–Trinajstić information content (AvgIpc) is 2.48. The maximum absolute atomic E-state index is 5.42. The largest absolute Gasteiger partial charge is 0.496 e. The van der Waals surface area contributed by atoms with Gasteiger partial charge in [-0.15, -0.1) is 11.8 Å². The summed E-state index contributed by atoms with van der Waals surface area (Å²) in [5, 5.41) is 3.26. The van der Waals surface area contributed by atoms with Crippen LogP contribution in [0.4, 0.5) is 5.82 Å². The molecule has 1 aromatic heterocycles. The number of hydrogen-bond donors (Lipinski definition) is 1. The van der Waals surface area contributed by atoms with Gasteiger partial charge in [-0.25, -0.2) is 9.97 Å². The molecule has 0 amide bonds. The highest BCUT2D eigenvalue weighted by atomic mass is 32.2. The number of methoxy groups -OCH3 is 1. The number of benzene rings is 1. The Morgan fingerprint density at radius 2 is 2.21 bits per heavy atom. The van der Waals surface area contributed by atoms with Crippen molar-refractivity contribution in [1.29, 1.82) is 0 Å². The first-order chi connectivity index (χ1) is 9.33. The second kappa shape index (κ2) is 6.99. The molecule has 0 aliphatic rings. The Bertz CT molecular complexity index is 519. The number of rotatable bonds is 6. The van der Waals surface area contributed by atoms with E-state index in [1.807, 2.05) is 6.07 Å². The molecule has 0 bridgehead atoms. The predicted octanol–water partition coefficient (Wildman–Crippen LogP) is 2.86. The first-order valence-electron chi connectivity index (χ1n) is 6.04. The van der Waals surface area contributed by atoms with Crippen LogP contribution in [0.3, 0.4) is 0 Å². The molecule has 2 aromatic rings. The van der Waals surface area contributed by atoms with Crippen LogP contribution in [0.1, 0.15) is 5.56 Å². The predicted molar refractivity (Wildman–Crippen MR) is 79.0 cm³/mol. The van der Waals surface area contributed by atoms with Gasteiger partial charge in [0.25, 0.3) is 0 Å². The first-order valence-corrected chi connectivity index (χ1v) is 7.26. The molecule has 0 fully saturated rings. The first kappa shape index (κ1) is 13.7. The summed E-state index contributed by atoms with van der Waals surface area (Å²) in [5.41, 5.74) is 1.20. The van der Waals surface area contributed by atoms with Crippen LogP contribution in [0, 0.1) is 0 Å². The fraction of sp³-hybridized carbons (Fsp3) is 0.286. The Morgan fingerprint density at radius 1 is 1.32 bits per heavy atom. The number of thioether (sulfide) groups is 1. The van der Waals surface area contributed by atoms with E-state index in [0.29, 0.717) is 0 Å². The summed E-state index contributed by atoms with van der Waals surface area (Å²) in [6, 6.07) is 8.16. The van der Waals surface area contributed by atoms with Crippen LogP contribution in [-0.2, 0) is 6.42 Å². The summed E-state index contributed by atoms with van der Waals surface area (Å²) in [6.07, 6.45) is 6.21. The zero-order valence-electron chi connectivity index (χ0n) is 11.1. The molecule has 0 atom stereocenters. The summed E-state index contributed by atoms with van der Waals surface area (Å²) < 4.78 is 5.42. The van der Waals surface area contributed by atoms with E-state index in [4.69, 9.17) is 4.74 Å². The Labute approximate surface area is 117 Å². The maximum Gasteiger partial charge on any atom is 0.129 e. The lowest BCUT2D eigenvalue weighted by atomic mass is 10.1. The summed E-state index contributed by atoms with van der Waals surface area (Å²) in [6.45, 7) is 0.811. The molecular formula is C14H17N3OS. The van der Waals surface area contributed by atoms with Crippen LogP contribution in [-0.4, -0.2) is 29.9 Å². The zero-order chi connectivity index (χ0) is 13.5. The van der Waals surface area contributed by atoms with Crippen LogP contribution < -0.4 is 10.1 Å². The monoisotopic (exact) mass is 275 g/mol. The molecule has 4 nitrogen and oxygen atoms in total. The lowest BCUT2D eigenvalue weighted by Gasteiger charge is -2.10. The van der Waals surface area contributed by atoms with Crippen LogP contribution >= 0.6 is 11.8 Å². The van der Waals surface area contributed by atoms with Crippen LogP contribution in [0.25, 0.3) is 0 Å². The molecule has 0 radical (unpaired) electrons. The number of ether oxygens (including phenoxy) is 1. The second-order valence-corrected chi connectivity index (χ2v) is 4.83. The van der Waals surface area contributed by atoms with Gasteiger partial charge in [0.05, 0.1) is 7.11 Å². The van der Waals surface area contributed by atoms with Crippen molar-refractivity contribution in [2.24, 2.45) is 0 Å². The van der Waals surface area contributed by atoms with Crippen molar-refractivity contribution in [3.63, 3.8) is 0 Å². The van der Waals surface area contributed by atoms with Gasteiger partial charge in [0.1, 0.15) is 17.9 Å². The standard InChI is InChI=1S/C14H17N3OS/c1-18-13-9-12(19-2)4-3-11(13)5-8-16-14-6-7-15-10-17-14/h3-4,6-7,9-10H,5,8H2,1-2H3,(H,15,16,17). The molecule has 1 heterocycles. The van der Waals surface area contributed by atoms with Gasteiger partial charge in [-0.3, -0.25) is 0 Å². The molecule has 0 saturated heterocycles. The molecule has 0 unspecified atom stereocenters. The average molecular weight is 275 g/mol. The second-order valence-electron chi connectivity index (χ2n) is 3.95. The van der Waals surface area contributed by atoms with Crippen molar-refractivity contribution in [3.05, 3.63) is 42.4 Å². The van der Waals surface area contributed by atoms with Gasteiger partial charge >= 0.3 is 0 Å². The highest BCUT2D eigenvalue weighted by molar-refractivity contribution is 7.98. The zero-order valence-corrected chi connectivity index (χ0v) is 11.9. The van der Waals surface area contributed by atoms with E-state index in [2.05, 4.69) is 39.7 Å². The minimum atomic E-state index is 0.811. The third-order valence-electron chi connectivity index (χ3n) is 2.78. The van der Waals surface area contributed by atoms with E-state index in [-0.39, 0.29) is 0 Å². The molecule has 0 spiro atoms. The Kier molecular flexibility index (Phi) is 5.03. The molecule has 5 heteroatoms. The van der Waals surface area contributed by atoms with Crippen molar-refractivity contribution < 1.29 is 4.74 Å². The number of nitrogens with zero attached hydrogens (tertiary/aromatic N) is 2.